The van der Waals surface area contributed by atoms with Gasteiger partial charge in [0.15, 0.2) is 0 Å². The zero-order valence-electron chi connectivity index (χ0n) is 10.2. The molecule has 0 heterocycles. The molecule has 1 nitrogen and oxygen atoms in total. The molecule has 0 aliphatic heterocycles. The van der Waals surface area contributed by atoms with Crippen LogP contribution < -0.4 is 4.74 Å². The third kappa shape index (κ3) is 6.04. The van der Waals surface area contributed by atoms with E-state index < -0.39 is 0 Å². The van der Waals surface area contributed by atoms with E-state index in [4.69, 9.17) is 4.74 Å². The van der Waals surface area contributed by atoms with Crippen molar-refractivity contribution >= 4 is 0 Å². The smallest absolute Gasteiger partial charge is 0.123 e. The van der Waals surface area contributed by atoms with Crippen LogP contribution in [0.1, 0.15) is 19.9 Å². The van der Waals surface area contributed by atoms with Crippen LogP contribution in [0, 0.1) is 5.82 Å². The Morgan fingerprint density at radius 1 is 0.944 bits per heavy atom. The van der Waals surface area contributed by atoms with Crippen LogP contribution in [-0.4, -0.2) is 7.11 Å². The third-order valence-corrected chi connectivity index (χ3v) is 2.30. The van der Waals surface area contributed by atoms with Crippen LogP contribution in [0.3, 0.4) is 0 Å². The maximum Gasteiger partial charge on any atom is 0.123 e. The molecule has 2 heteroatoms. The molecule has 2 rings (SSSR count). The highest BCUT2D eigenvalue weighted by Gasteiger charge is 1.88. The fourth-order valence-electron chi connectivity index (χ4n) is 1.28. The molecule has 0 saturated carbocycles. The van der Waals surface area contributed by atoms with Crippen molar-refractivity contribution in [1.82, 2.24) is 0 Å². The summed E-state index contributed by atoms with van der Waals surface area (Å²) in [6.45, 7) is 2.16. The molecule has 0 bridgehead atoms. The fourth-order valence-corrected chi connectivity index (χ4v) is 1.28. The lowest BCUT2D eigenvalue weighted by Gasteiger charge is -1.95. The first-order valence-electron chi connectivity index (χ1n) is 5.59. The standard InChI is InChI=1S/C8H10.C7H7FO.CH4/c1-2-8-6-4-3-5-7-8;1-9-7-4-2-6(8)3-5-7;/h3-7H,2H2,1H3;2-5H,1H3;1H4. The van der Waals surface area contributed by atoms with Crippen molar-refractivity contribution in [3.63, 3.8) is 0 Å². The van der Waals surface area contributed by atoms with E-state index in [0.717, 1.165) is 6.42 Å². The Kier molecular flexibility index (Phi) is 8.29. The van der Waals surface area contributed by atoms with Crippen LogP contribution >= 0.6 is 0 Å². The molecule has 0 aliphatic carbocycles. The largest absolute Gasteiger partial charge is 0.497 e. The molecule has 0 atom stereocenters. The van der Waals surface area contributed by atoms with E-state index in [1.165, 1.54) is 17.7 Å². The maximum absolute atomic E-state index is 12.2. The van der Waals surface area contributed by atoms with Gasteiger partial charge < -0.3 is 4.74 Å². The molecular weight excluding hydrogens is 227 g/mol. The second kappa shape index (κ2) is 9.23. The van der Waals surface area contributed by atoms with Gasteiger partial charge >= 0.3 is 0 Å². The lowest BCUT2D eigenvalue weighted by atomic mass is 10.2. The Morgan fingerprint density at radius 2 is 1.50 bits per heavy atom. The number of aryl methyl sites for hydroxylation is 1. The number of hydrogen-bond acceptors (Lipinski definition) is 1. The van der Waals surface area contributed by atoms with Gasteiger partial charge in [-0.3, -0.25) is 0 Å². The number of halogens is 1. The molecule has 0 aliphatic rings. The average Bonchev–Trinajstić information content (AvgIpc) is 2.41. The topological polar surface area (TPSA) is 9.23 Å². The SMILES string of the molecule is C.CCc1ccccc1.COc1ccc(F)cc1. The number of ether oxygens (including phenoxy) is 1. The predicted molar refractivity (Wildman–Crippen MR) is 75.5 cm³/mol. The first-order valence-corrected chi connectivity index (χ1v) is 5.59. The highest BCUT2D eigenvalue weighted by atomic mass is 19.1. The van der Waals surface area contributed by atoms with Crippen molar-refractivity contribution in [3.05, 3.63) is 66.0 Å². The van der Waals surface area contributed by atoms with Crippen LogP contribution in [0.25, 0.3) is 0 Å². The van der Waals surface area contributed by atoms with E-state index >= 15 is 0 Å². The molecule has 0 saturated heterocycles. The summed E-state index contributed by atoms with van der Waals surface area (Å²) < 4.78 is 17.0. The zero-order valence-corrected chi connectivity index (χ0v) is 10.2. The number of benzene rings is 2. The van der Waals surface area contributed by atoms with E-state index in [-0.39, 0.29) is 13.2 Å². The maximum atomic E-state index is 12.2. The molecule has 0 amide bonds. The van der Waals surface area contributed by atoms with Gasteiger partial charge in [-0.2, -0.15) is 0 Å². The zero-order chi connectivity index (χ0) is 12.5. The van der Waals surface area contributed by atoms with Crippen LogP contribution in [0.15, 0.2) is 54.6 Å². The summed E-state index contributed by atoms with van der Waals surface area (Å²) >= 11 is 0. The molecule has 98 valence electrons. The Balaban J connectivity index is 0.000000306. The van der Waals surface area contributed by atoms with Gasteiger partial charge in [-0.25, -0.2) is 4.39 Å². The lowest BCUT2D eigenvalue weighted by molar-refractivity contribution is 0.413. The van der Waals surface area contributed by atoms with Crippen molar-refractivity contribution in [1.29, 1.82) is 0 Å². The van der Waals surface area contributed by atoms with Crippen molar-refractivity contribution < 1.29 is 9.13 Å². The van der Waals surface area contributed by atoms with Crippen LogP contribution in [-0.2, 0) is 6.42 Å². The summed E-state index contributed by atoms with van der Waals surface area (Å²) in [6, 6.07) is 16.3. The van der Waals surface area contributed by atoms with E-state index in [1.807, 2.05) is 6.07 Å². The molecule has 0 spiro atoms. The molecule has 0 fully saturated rings. The van der Waals surface area contributed by atoms with Gasteiger partial charge in [-0.05, 0) is 36.2 Å². The fraction of sp³-hybridized carbons (Fsp3) is 0.250. The predicted octanol–water partition coefficient (Wildman–Crippen LogP) is 4.72. The summed E-state index contributed by atoms with van der Waals surface area (Å²) in [5.74, 6) is 0.437. The van der Waals surface area contributed by atoms with E-state index in [2.05, 4.69) is 31.2 Å². The summed E-state index contributed by atoms with van der Waals surface area (Å²) in [6.07, 6.45) is 1.14. The average molecular weight is 248 g/mol. The van der Waals surface area contributed by atoms with Crippen LogP contribution in [0.4, 0.5) is 4.39 Å². The quantitative estimate of drug-likeness (QED) is 0.747. The van der Waals surface area contributed by atoms with Crippen molar-refractivity contribution in [2.45, 2.75) is 20.8 Å². The lowest BCUT2D eigenvalue weighted by Crippen LogP contribution is -1.80. The molecule has 0 radical (unpaired) electrons. The van der Waals surface area contributed by atoms with Gasteiger partial charge in [0.25, 0.3) is 0 Å². The minimum Gasteiger partial charge on any atom is -0.497 e. The van der Waals surface area contributed by atoms with E-state index in [1.54, 1.807) is 19.2 Å². The molecule has 18 heavy (non-hydrogen) atoms. The molecule has 2 aromatic carbocycles. The Morgan fingerprint density at radius 3 is 1.89 bits per heavy atom. The minimum atomic E-state index is -0.240. The van der Waals surface area contributed by atoms with Gasteiger partial charge in [0, 0.05) is 0 Å². The normalized spacial score (nSPS) is 8.61. The van der Waals surface area contributed by atoms with Crippen molar-refractivity contribution in [2.75, 3.05) is 7.11 Å². The molecule has 0 aromatic heterocycles. The molecular formula is C16H21FO. The number of hydrogen-bond donors (Lipinski definition) is 0. The summed E-state index contributed by atoms with van der Waals surface area (Å²) in [7, 11) is 1.55. The minimum absolute atomic E-state index is 0. The first kappa shape index (κ1) is 16.2. The highest BCUT2D eigenvalue weighted by molar-refractivity contribution is 5.21. The van der Waals surface area contributed by atoms with Gasteiger partial charge in [0.1, 0.15) is 11.6 Å². The third-order valence-electron chi connectivity index (χ3n) is 2.30. The van der Waals surface area contributed by atoms with Gasteiger partial charge in [0.05, 0.1) is 7.11 Å². The second-order valence-electron chi connectivity index (χ2n) is 3.50. The van der Waals surface area contributed by atoms with Crippen molar-refractivity contribution in [2.24, 2.45) is 0 Å². The van der Waals surface area contributed by atoms with E-state index in [0.29, 0.717) is 5.75 Å². The number of methoxy groups -OCH3 is 1. The molecule has 2 aromatic rings. The van der Waals surface area contributed by atoms with Gasteiger partial charge in [-0.1, -0.05) is 44.7 Å². The van der Waals surface area contributed by atoms with Gasteiger partial charge in [-0.15, -0.1) is 0 Å². The Labute approximate surface area is 109 Å². The summed E-state index contributed by atoms with van der Waals surface area (Å²) in [5, 5.41) is 0. The van der Waals surface area contributed by atoms with Gasteiger partial charge in [0.2, 0.25) is 0 Å². The summed E-state index contributed by atoms with van der Waals surface area (Å²) in [5.41, 5.74) is 1.41. The monoisotopic (exact) mass is 248 g/mol. The van der Waals surface area contributed by atoms with Crippen LogP contribution in [0.5, 0.6) is 5.75 Å². The molecule has 0 N–H and O–H groups in total. The Bertz CT molecular complexity index is 409. The number of rotatable bonds is 2. The Hall–Kier alpha value is -1.83. The second-order valence-corrected chi connectivity index (χ2v) is 3.50. The first-order chi connectivity index (χ1) is 8.26. The molecule has 0 unspecified atom stereocenters. The van der Waals surface area contributed by atoms with Crippen molar-refractivity contribution in [3.8, 4) is 5.75 Å². The van der Waals surface area contributed by atoms with E-state index in [9.17, 15) is 4.39 Å². The summed E-state index contributed by atoms with van der Waals surface area (Å²) in [4.78, 5) is 0. The van der Waals surface area contributed by atoms with Crippen LogP contribution in [0.2, 0.25) is 0 Å². The highest BCUT2D eigenvalue weighted by Crippen LogP contribution is 2.09.